The molecule has 0 saturated heterocycles. The molecule has 10 aromatic rings. The summed E-state index contributed by atoms with van der Waals surface area (Å²) in [5, 5.41) is 10.1. The Morgan fingerprint density at radius 1 is 0.477 bits per heavy atom. The molecule has 0 radical (unpaired) electrons. The quantitative estimate of drug-likeness (QED) is 0.197. The topological polar surface area (TPSA) is 43.9 Å². The van der Waals surface area contributed by atoms with Crippen LogP contribution in [-0.2, 0) is 0 Å². The van der Waals surface area contributed by atoms with Gasteiger partial charge in [-0.1, -0.05) is 121 Å². The molecule has 0 aliphatic carbocycles. The number of fused-ring (bicyclic) bond motifs is 13. The average molecular weight is 562 g/mol. The lowest BCUT2D eigenvalue weighted by Gasteiger charge is -2.13. The van der Waals surface area contributed by atoms with Gasteiger partial charge in [-0.15, -0.1) is 0 Å². The zero-order chi connectivity index (χ0) is 28.8. The molecule has 0 fully saturated rings. The van der Waals surface area contributed by atoms with Gasteiger partial charge in [0.05, 0.1) is 16.7 Å². The summed E-state index contributed by atoms with van der Waals surface area (Å²) in [6, 6.07) is 48.7. The van der Waals surface area contributed by atoms with Crippen molar-refractivity contribution in [3.63, 3.8) is 0 Å². The van der Waals surface area contributed by atoms with Crippen LogP contribution in [0.15, 0.2) is 144 Å². The average Bonchev–Trinajstić information content (AvgIpc) is 3.65. The number of aromatic nitrogens is 3. The molecule has 4 heteroatoms. The lowest BCUT2D eigenvalue weighted by Crippen LogP contribution is -2.04. The van der Waals surface area contributed by atoms with E-state index in [0.29, 0.717) is 5.95 Å². The Balaban J connectivity index is 1.47. The summed E-state index contributed by atoms with van der Waals surface area (Å²) in [6.07, 6.45) is 0. The Morgan fingerprint density at radius 3 is 1.98 bits per heavy atom. The molecule has 0 spiro atoms. The zero-order valence-electron chi connectivity index (χ0n) is 23.5. The molecule has 0 atom stereocenters. The van der Waals surface area contributed by atoms with Gasteiger partial charge in [-0.2, -0.15) is 0 Å². The molecule has 0 amide bonds. The van der Waals surface area contributed by atoms with Gasteiger partial charge >= 0.3 is 0 Å². The van der Waals surface area contributed by atoms with Gasteiger partial charge in [-0.05, 0) is 34.4 Å². The van der Waals surface area contributed by atoms with Crippen LogP contribution in [0, 0.1) is 0 Å². The summed E-state index contributed by atoms with van der Waals surface area (Å²) in [5.41, 5.74) is 6.63. The standard InChI is InChI=1S/C40H23N3O/c1-2-13-25(14-3-1)36-31-23-22-24-12-4-5-15-26(24)37(31)42-40(41-36)43-32-20-10-8-18-29(32)34-27-16-6-7-17-28(27)35-30-19-9-11-21-33(30)44-39(35)38(34)43/h1-23H. The number of furan rings is 1. The van der Waals surface area contributed by atoms with Crippen LogP contribution in [0.1, 0.15) is 0 Å². The van der Waals surface area contributed by atoms with Gasteiger partial charge in [0.2, 0.25) is 5.95 Å². The Hall–Kier alpha value is -6.00. The van der Waals surface area contributed by atoms with E-state index in [0.717, 1.165) is 76.7 Å². The number of nitrogens with zero attached hydrogens (tertiary/aromatic N) is 3. The van der Waals surface area contributed by atoms with E-state index in [9.17, 15) is 0 Å². The summed E-state index contributed by atoms with van der Waals surface area (Å²) in [6.45, 7) is 0. The third kappa shape index (κ3) is 3.11. The minimum Gasteiger partial charge on any atom is -0.454 e. The maximum Gasteiger partial charge on any atom is 0.235 e. The van der Waals surface area contributed by atoms with Crippen LogP contribution < -0.4 is 0 Å². The highest BCUT2D eigenvalue weighted by atomic mass is 16.3. The molecule has 0 N–H and O–H groups in total. The van der Waals surface area contributed by atoms with Crippen LogP contribution in [-0.4, -0.2) is 14.5 Å². The fourth-order valence-electron chi connectivity index (χ4n) is 7.10. The van der Waals surface area contributed by atoms with Crippen LogP contribution >= 0.6 is 0 Å². The summed E-state index contributed by atoms with van der Waals surface area (Å²) >= 11 is 0. The fraction of sp³-hybridized carbons (Fsp3) is 0. The highest BCUT2D eigenvalue weighted by molar-refractivity contribution is 6.35. The molecule has 10 rings (SSSR count). The van der Waals surface area contributed by atoms with Crippen molar-refractivity contribution in [2.24, 2.45) is 0 Å². The Bertz CT molecular complexity index is 2770. The maximum atomic E-state index is 6.76. The minimum absolute atomic E-state index is 0.621. The Labute approximate surface area is 251 Å². The molecule has 0 unspecified atom stereocenters. The van der Waals surface area contributed by atoms with Crippen molar-refractivity contribution in [2.75, 3.05) is 0 Å². The summed E-state index contributed by atoms with van der Waals surface area (Å²) < 4.78 is 8.98. The second-order valence-electron chi connectivity index (χ2n) is 11.3. The van der Waals surface area contributed by atoms with Crippen molar-refractivity contribution in [3.05, 3.63) is 140 Å². The molecule has 4 nitrogen and oxygen atoms in total. The van der Waals surface area contributed by atoms with Crippen LogP contribution in [0.4, 0.5) is 0 Å². The van der Waals surface area contributed by atoms with Crippen molar-refractivity contribution in [3.8, 4) is 17.2 Å². The van der Waals surface area contributed by atoms with Crippen LogP contribution in [0.25, 0.3) is 93.4 Å². The zero-order valence-corrected chi connectivity index (χ0v) is 23.5. The van der Waals surface area contributed by atoms with E-state index in [1.807, 2.05) is 12.1 Å². The van der Waals surface area contributed by atoms with Gasteiger partial charge in [0.1, 0.15) is 11.1 Å². The van der Waals surface area contributed by atoms with Gasteiger partial charge in [0.25, 0.3) is 0 Å². The first kappa shape index (κ1) is 23.6. The lowest BCUT2D eigenvalue weighted by atomic mass is 9.99. The first-order valence-corrected chi connectivity index (χ1v) is 14.9. The molecule has 0 bridgehead atoms. The lowest BCUT2D eigenvalue weighted by molar-refractivity contribution is 0.671. The monoisotopic (exact) mass is 561 g/mol. The number of hydrogen-bond donors (Lipinski definition) is 0. The normalized spacial score (nSPS) is 12.1. The largest absolute Gasteiger partial charge is 0.454 e. The number of benzene rings is 7. The van der Waals surface area contributed by atoms with Gasteiger partial charge in [0.15, 0.2) is 5.58 Å². The number of para-hydroxylation sites is 2. The van der Waals surface area contributed by atoms with E-state index in [-0.39, 0.29) is 0 Å². The second kappa shape index (κ2) is 8.76. The van der Waals surface area contributed by atoms with Gasteiger partial charge in [-0.25, -0.2) is 9.97 Å². The molecule has 3 aromatic heterocycles. The van der Waals surface area contributed by atoms with E-state index < -0.39 is 0 Å². The molecular weight excluding hydrogens is 538 g/mol. The third-order valence-electron chi connectivity index (χ3n) is 8.98. The fourth-order valence-corrected chi connectivity index (χ4v) is 7.10. The molecular formula is C40H23N3O. The van der Waals surface area contributed by atoms with E-state index in [1.54, 1.807) is 0 Å². The van der Waals surface area contributed by atoms with E-state index in [1.165, 1.54) is 10.8 Å². The SMILES string of the molecule is c1ccc(-c2nc(-n3c4ccccc4c4c5ccccc5c5c6ccccc6oc5c43)nc3c2ccc2ccccc23)cc1. The van der Waals surface area contributed by atoms with Crippen molar-refractivity contribution in [2.45, 2.75) is 0 Å². The number of rotatable bonds is 2. The predicted molar refractivity (Wildman–Crippen MR) is 182 cm³/mol. The van der Waals surface area contributed by atoms with E-state index in [2.05, 4.69) is 132 Å². The molecule has 7 aromatic carbocycles. The molecule has 204 valence electrons. The predicted octanol–water partition coefficient (Wildman–Crippen LogP) is 10.6. The summed E-state index contributed by atoms with van der Waals surface area (Å²) in [5.74, 6) is 0.621. The van der Waals surface area contributed by atoms with Gasteiger partial charge < -0.3 is 4.42 Å². The molecule has 0 aliphatic heterocycles. The van der Waals surface area contributed by atoms with Crippen molar-refractivity contribution in [1.82, 2.24) is 14.5 Å². The van der Waals surface area contributed by atoms with Gasteiger partial charge in [-0.3, -0.25) is 4.57 Å². The van der Waals surface area contributed by atoms with Crippen LogP contribution in [0.5, 0.6) is 0 Å². The van der Waals surface area contributed by atoms with Crippen LogP contribution in [0.3, 0.4) is 0 Å². The van der Waals surface area contributed by atoms with E-state index >= 15 is 0 Å². The first-order valence-electron chi connectivity index (χ1n) is 14.9. The van der Waals surface area contributed by atoms with Gasteiger partial charge in [0, 0.05) is 37.9 Å². The molecule has 3 heterocycles. The Kier molecular flexibility index (Phi) is 4.69. The van der Waals surface area contributed by atoms with Crippen molar-refractivity contribution >= 4 is 76.2 Å². The Morgan fingerprint density at radius 2 is 1.14 bits per heavy atom. The minimum atomic E-state index is 0.621. The second-order valence-corrected chi connectivity index (χ2v) is 11.3. The molecule has 0 saturated carbocycles. The smallest absolute Gasteiger partial charge is 0.235 e. The third-order valence-corrected chi connectivity index (χ3v) is 8.98. The highest BCUT2D eigenvalue weighted by Crippen LogP contribution is 2.45. The van der Waals surface area contributed by atoms with Crippen molar-refractivity contribution in [1.29, 1.82) is 0 Å². The van der Waals surface area contributed by atoms with Crippen LogP contribution in [0.2, 0.25) is 0 Å². The maximum absolute atomic E-state index is 6.76. The van der Waals surface area contributed by atoms with Crippen molar-refractivity contribution < 1.29 is 4.42 Å². The molecule has 0 aliphatic rings. The summed E-state index contributed by atoms with van der Waals surface area (Å²) in [4.78, 5) is 10.8. The van der Waals surface area contributed by atoms with E-state index in [4.69, 9.17) is 14.4 Å². The first-order chi connectivity index (χ1) is 21.8. The highest BCUT2D eigenvalue weighted by Gasteiger charge is 2.24. The summed E-state index contributed by atoms with van der Waals surface area (Å²) in [7, 11) is 0. The number of hydrogen-bond acceptors (Lipinski definition) is 3. The molecule has 44 heavy (non-hydrogen) atoms.